The SMILES string of the molecule is Clc1ccc(-c2cccc(-c3cccc(-c4cccc5c4oc4c(Br)cccc45)c3)c2)cc1. The Morgan fingerprint density at radius 1 is 0.515 bits per heavy atom. The Morgan fingerprint density at radius 3 is 1.79 bits per heavy atom. The zero-order chi connectivity index (χ0) is 22.4. The van der Waals surface area contributed by atoms with E-state index in [2.05, 4.69) is 101 Å². The average Bonchev–Trinajstić information content (AvgIpc) is 3.25. The lowest BCUT2D eigenvalue weighted by atomic mass is 9.95. The molecule has 0 aliphatic carbocycles. The first-order valence-electron chi connectivity index (χ1n) is 10.7. The quantitative estimate of drug-likeness (QED) is 0.231. The van der Waals surface area contributed by atoms with Gasteiger partial charge in [0, 0.05) is 21.4 Å². The van der Waals surface area contributed by atoms with Crippen LogP contribution in [0, 0.1) is 0 Å². The number of hydrogen-bond acceptors (Lipinski definition) is 1. The topological polar surface area (TPSA) is 13.1 Å². The van der Waals surface area contributed by atoms with Crippen molar-refractivity contribution in [2.45, 2.75) is 0 Å². The van der Waals surface area contributed by atoms with Crippen molar-refractivity contribution in [3.63, 3.8) is 0 Å². The number of hydrogen-bond donors (Lipinski definition) is 0. The zero-order valence-corrected chi connectivity index (χ0v) is 19.9. The van der Waals surface area contributed by atoms with Gasteiger partial charge in [0.25, 0.3) is 0 Å². The largest absolute Gasteiger partial charge is 0.454 e. The van der Waals surface area contributed by atoms with Crippen LogP contribution in [0.2, 0.25) is 5.02 Å². The minimum atomic E-state index is 0.745. The molecule has 5 aromatic carbocycles. The molecule has 0 atom stereocenters. The Balaban J connectivity index is 1.47. The second kappa shape index (κ2) is 8.22. The van der Waals surface area contributed by atoms with Crippen LogP contribution in [0.3, 0.4) is 0 Å². The molecule has 0 saturated carbocycles. The minimum Gasteiger partial charge on any atom is -0.454 e. The van der Waals surface area contributed by atoms with Crippen molar-refractivity contribution in [1.29, 1.82) is 0 Å². The Labute approximate surface area is 205 Å². The summed E-state index contributed by atoms with van der Waals surface area (Å²) in [6.45, 7) is 0. The Morgan fingerprint density at radius 2 is 1.06 bits per heavy atom. The molecule has 0 spiro atoms. The standard InChI is InChI=1S/C30H18BrClO/c31-28-12-4-11-27-26-10-3-9-25(29(26)33-30(27)28)23-8-2-7-22(18-23)21-6-1-5-20(17-21)19-13-15-24(32)16-14-19/h1-18H. The number of halogens is 2. The molecule has 0 aliphatic rings. The van der Waals surface area contributed by atoms with E-state index in [-0.39, 0.29) is 0 Å². The molecular weight excluding hydrogens is 492 g/mol. The average molecular weight is 510 g/mol. The Hall–Kier alpha value is -3.33. The summed E-state index contributed by atoms with van der Waals surface area (Å²) in [6.07, 6.45) is 0. The van der Waals surface area contributed by atoms with Gasteiger partial charge in [-0.15, -0.1) is 0 Å². The molecule has 0 unspecified atom stereocenters. The normalized spacial score (nSPS) is 11.3. The van der Waals surface area contributed by atoms with Gasteiger partial charge in [0.05, 0.1) is 4.47 Å². The molecular formula is C30H18BrClO. The molecule has 0 saturated heterocycles. The van der Waals surface area contributed by atoms with Gasteiger partial charge in [-0.3, -0.25) is 0 Å². The van der Waals surface area contributed by atoms with Crippen molar-refractivity contribution in [3.8, 4) is 33.4 Å². The van der Waals surface area contributed by atoms with Crippen molar-refractivity contribution < 1.29 is 4.42 Å². The maximum Gasteiger partial charge on any atom is 0.149 e. The van der Waals surface area contributed by atoms with Gasteiger partial charge in [0.1, 0.15) is 11.2 Å². The Bertz CT molecular complexity index is 1630. The van der Waals surface area contributed by atoms with Crippen molar-refractivity contribution in [3.05, 3.63) is 119 Å². The molecule has 1 aromatic heterocycles. The summed E-state index contributed by atoms with van der Waals surface area (Å²) in [4.78, 5) is 0. The van der Waals surface area contributed by atoms with Gasteiger partial charge >= 0.3 is 0 Å². The van der Waals surface area contributed by atoms with Gasteiger partial charge in [0.15, 0.2) is 0 Å². The summed E-state index contributed by atoms with van der Waals surface area (Å²) in [7, 11) is 0. The molecule has 33 heavy (non-hydrogen) atoms. The van der Waals surface area contributed by atoms with E-state index in [9.17, 15) is 0 Å². The molecule has 1 nitrogen and oxygen atoms in total. The van der Waals surface area contributed by atoms with Gasteiger partial charge in [-0.05, 0) is 74.1 Å². The van der Waals surface area contributed by atoms with E-state index in [1.807, 2.05) is 24.3 Å². The lowest BCUT2D eigenvalue weighted by Crippen LogP contribution is -1.84. The molecule has 1 heterocycles. The third-order valence-electron chi connectivity index (χ3n) is 6.02. The van der Waals surface area contributed by atoms with Crippen LogP contribution in [-0.4, -0.2) is 0 Å². The van der Waals surface area contributed by atoms with E-state index in [1.165, 1.54) is 11.1 Å². The van der Waals surface area contributed by atoms with Crippen molar-refractivity contribution in [2.24, 2.45) is 0 Å². The summed E-state index contributed by atoms with van der Waals surface area (Å²) < 4.78 is 7.31. The smallest absolute Gasteiger partial charge is 0.149 e. The number of benzene rings is 5. The van der Waals surface area contributed by atoms with E-state index < -0.39 is 0 Å². The number of fused-ring (bicyclic) bond motifs is 3. The fourth-order valence-corrected chi connectivity index (χ4v) is 4.97. The van der Waals surface area contributed by atoms with Crippen molar-refractivity contribution in [2.75, 3.05) is 0 Å². The third kappa shape index (κ3) is 3.66. The van der Waals surface area contributed by atoms with Crippen molar-refractivity contribution in [1.82, 2.24) is 0 Å². The first-order chi connectivity index (χ1) is 16.2. The molecule has 0 N–H and O–H groups in total. The highest BCUT2D eigenvalue weighted by molar-refractivity contribution is 9.10. The molecule has 6 rings (SSSR count). The van der Waals surface area contributed by atoms with Gasteiger partial charge in [-0.2, -0.15) is 0 Å². The lowest BCUT2D eigenvalue weighted by Gasteiger charge is -2.09. The van der Waals surface area contributed by atoms with Gasteiger partial charge < -0.3 is 4.42 Å². The number of furan rings is 1. The maximum atomic E-state index is 6.34. The van der Waals surface area contributed by atoms with E-state index in [4.69, 9.17) is 16.0 Å². The monoisotopic (exact) mass is 508 g/mol. The maximum absolute atomic E-state index is 6.34. The number of rotatable bonds is 3. The summed E-state index contributed by atoms with van der Waals surface area (Å²) in [5, 5.41) is 2.99. The van der Waals surface area contributed by atoms with Gasteiger partial charge in [-0.25, -0.2) is 0 Å². The second-order valence-corrected chi connectivity index (χ2v) is 9.36. The molecule has 3 heteroatoms. The molecule has 6 aromatic rings. The van der Waals surface area contributed by atoms with Crippen LogP contribution in [0.15, 0.2) is 118 Å². The van der Waals surface area contributed by atoms with Crippen LogP contribution in [0.4, 0.5) is 0 Å². The number of para-hydroxylation sites is 2. The predicted molar refractivity (Wildman–Crippen MR) is 143 cm³/mol. The summed E-state index contributed by atoms with van der Waals surface area (Å²) in [5.74, 6) is 0. The minimum absolute atomic E-state index is 0.745. The van der Waals surface area contributed by atoms with Crippen LogP contribution in [0.25, 0.3) is 55.3 Å². The fraction of sp³-hybridized carbons (Fsp3) is 0. The Kier molecular flexibility index (Phi) is 5.05. The highest BCUT2D eigenvalue weighted by Gasteiger charge is 2.14. The highest BCUT2D eigenvalue weighted by Crippen LogP contribution is 2.39. The second-order valence-electron chi connectivity index (χ2n) is 8.07. The van der Waals surface area contributed by atoms with Crippen LogP contribution in [0.1, 0.15) is 0 Å². The van der Waals surface area contributed by atoms with E-state index in [1.54, 1.807) is 0 Å². The predicted octanol–water partition coefficient (Wildman–Crippen LogP) is 10.0. The first kappa shape index (κ1) is 20.3. The van der Waals surface area contributed by atoms with Gasteiger partial charge in [0.2, 0.25) is 0 Å². The van der Waals surface area contributed by atoms with Crippen LogP contribution >= 0.6 is 27.5 Å². The molecule has 158 valence electrons. The fourth-order valence-electron chi connectivity index (χ4n) is 4.40. The summed E-state index contributed by atoms with van der Waals surface area (Å²) in [5.41, 5.74) is 8.66. The molecule has 0 fully saturated rings. The molecule has 0 radical (unpaired) electrons. The first-order valence-corrected chi connectivity index (χ1v) is 11.9. The summed E-state index contributed by atoms with van der Waals surface area (Å²) >= 11 is 9.69. The zero-order valence-electron chi connectivity index (χ0n) is 17.6. The van der Waals surface area contributed by atoms with Crippen LogP contribution in [-0.2, 0) is 0 Å². The highest BCUT2D eigenvalue weighted by atomic mass is 79.9. The van der Waals surface area contributed by atoms with Crippen molar-refractivity contribution >= 4 is 49.5 Å². The summed E-state index contributed by atoms with van der Waals surface area (Å²) in [6, 6.07) is 37.7. The van der Waals surface area contributed by atoms with E-state index in [0.717, 1.165) is 53.7 Å². The molecule has 0 aliphatic heterocycles. The van der Waals surface area contributed by atoms with E-state index in [0.29, 0.717) is 0 Å². The van der Waals surface area contributed by atoms with E-state index >= 15 is 0 Å². The van der Waals surface area contributed by atoms with Crippen LogP contribution < -0.4 is 0 Å². The van der Waals surface area contributed by atoms with Gasteiger partial charge in [-0.1, -0.05) is 90.5 Å². The third-order valence-corrected chi connectivity index (χ3v) is 6.90. The lowest BCUT2D eigenvalue weighted by molar-refractivity contribution is 0.668. The molecule has 0 bridgehead atoms. The van der Waals surface area contributed by atoms with Crippen LogP contribution in [0.5, 0.6) is 0 Å². The molecule has 0 amide bonds.